The molecule has 0 aliphatic rings. The number of benzene rings is 2. The summed E-state index contributed by atoms with van der Waals surface area (Å²) < 4.78 is 17.3. The molecule has 3 rings (SSSR count). The molecule has 0 aliphatic carbocycles. The largest absolute Gasteiger partial charge is 0.508 e. The Hall–Kier alpha value is -4.20. The highest BCUT2D eigenvalue weighted by Crippen LogP contribution is 2.39. The van der Waals surface area contributed by atoms with Gasteiger partial charge in [0.1, 0.15) is 22.5 Å². The van der Waals surface area contributed by atoms with Gasteiger partial charge in [0.2, 0.25) is 11.2 Å². The Bertz CT molecular complexity index is 1480. The molecule has 2 aromatic carbocycles. The number of hydrogen-bond acceptors (Lipinski definition) is 8. The number of phenolic OH excluding ortho intramolecular Hbond substituents is 3. The fraction of sp³-hybridized carbons (Fsp3) is 0.444. The number of hydrogen-bond donors (Lipinski definition) is 3. The zero-order valence-electron chi connectivity index (χ0n) is 26.1. The highest BCUT2D eigenvalue weighted by Gasteiger charge is 2.24. The molecule has 1 aromatic heterocycles. The number of carbonyl (C=O) groups excluding carboxylic acids is 1. The van der Waals surface area contributed by atoms with E-state index in [9.17, 15) is 24.9 Å². The molecule has 0 amide bonds. The second kappa shape index (κ2) is 17.8. The maximum Gasteiger partial charge on any atom is 0.311 e. The molecule has 3 N–H and O–H groups in total. The lowest BCUT2D eigenvalue weighted by Gasteiger charge is -2.15. The zero-order chi connectivity index (χ0) is 31.9. The average Bonchev–Trinajstić information content (AvgIpc) is 2.97. The Balaban J connectivity index is 1.61. The molecule has 0 saturated carbocycles. The number of phenols is 3. The van der Waals surface area contributed by atoms with Crippen LogP contribution >= 0.6 is 0 Å². The number of rotatable bonds is 18. The number of carbonyl (C=O) groups is 1. The fourth-order valence-corrected chi connectivity index (χ4v) is 4.79. The van der Waals surface area contributed by atoms with Crippen molar-refractivity contribution in [1.82, 2.24) is 0 Å². The summed E-state index contributed by atoms with van der Waals surface area (Å²) in [5.74, 6) is -1.94. The number of unbranched alkanes of at least 4 members (excludes halogenated alkanes) is 8. The molecular formula is C36H46O8. The standard InChI is InChI=1S/C36H46O8/c1-4-5-6-7-8-9-10-11-12-13-14-15-16-17-18-19-32(40)44-36-34(41)33-30(42-25(2)3)23-27(37)24-31(33)43-35(36)26-20-21-28(38)29(39)22-26/h8-9,11-12,20-25,37-39H,4-7,10,13-19H2,1-3H3/b9-8-,12-11-. The lowest BCUT2D eigenvalue weighted by atomic mass is 10.1. The van der Waals surface area contributed by atoms with Gasteiger partial charge in [0, 0.05) is 24.1 Å². The van der Waals surface area contributed by atoms with Crippen molar-refractivity contribution in [1.29, 1.82) is 0 Å². The Morgan fingerprint density at radius 2 is 1.55 bits per heavy atom. The van der Waals surface area contributed by atoms with Crippen LogP contribution < -0.4 is 14.9 Å². The predicted octanol–water partition coefficient (Wildman–Crippen LogP) is 9.08. The number of esters is 1. The van der Waals surface area contributed by atoms with Crippen LogP contribution in [0, 0.1) is 0 Å². The molecule has 0 saturated heterocycles. The molecule has 3 aromatic rings. The number of ether oxygens (including phenoxy) is 2. The van der Waals surface area contributed by atoms with Gasteiger partial charge in [0.25, 0.3) is 0 Å². The summed E-state index contributed by atoms with van der Waals surface area (Å²) in [6.07, 6.45) is 20.4. The van der Waals surface area contributed by atoms with Crippen LogP contribution in [0.4, 0.5) is 0 Å². The monoisotopic (exact) mass is 606 g/mol. The summed E-state index contributed by atoms with van der Waals surface area (Å²) in [5, 5.41) is 30.1. The molecule has 44 heavy (non-hydrogen) atoms. The van der Waals surface area contributed by atoms with Gasteiger partial charge in [-0.05, 0) is 70.6 Å². The van der Waals surface area contributed by atoms with Crippen LogP contribution in [0.2, 0.25) is 0 Å². The van der Waals surface area contributed by atoms with Gasteiger partial charge in [-0.3, -0.25) is 9.59 Å². The van der Waals surface area contributed by atoms with Gasteiger partial charge in [-0.2, -0.15) is 0 Å². The van der Waals surface area contributed by atoms with E-state index >= 15 is 0 Å². The third-order valence-electron chi connectivity index (χ3n) is 7.05. The summed E-state index contributed by atoms with van der Waals surface area (Å²) >= 11 is 0. The van der Waals surface area contributed by atoms with E-state index in [1.165, 1.54) is 49.6 Å². The van der Waals surface area contributed by atoms with Crippen LogP contribution in [-0.4, -0.2) is 27.4 Å². The summed E-state index contributed by atoms with van der Waals surface area (Å²) in [4.78, 5) is 26.6. The van der Waals surface area contributed by atoms with E-state index < -0.39 is 17.1 Å². The van der Waals surface area contributed by atoms with Crippen LogP contribution in [0.5, 0.6) is 28.7 Å². The predicted molar refractivity (Wildman–Crippen MR) is 174 cm³/mol. The van der Waals surface area contributed by atoms with E-state index in [-0.39, 0.29) is 57.8 Å². The minimum Gasteiger partial charge on any atom is -0.508 e. The molecule has 0 fully saturated rings. The first-order valence-electron chi connectivity index (χ1n) is 15.7. The first kappa shape index (κ1) is 34.3. The second-order valence-electron chi connectivity index (χ2n) is 11.2. The first-order valence-corrected chi connectivity index (χ1v) is 15.7. The molecule has 8 heteroatoms. The second-order valence-corrected chi connectivity index (χ2v) is 11.2. The summed E-state index contributed by atoms with van der Waals surface area (Å²) in [7, 11) is 0. The average molecular weight is 607 g/mol. The van der Waals surface area contributed by atoms with Gasteiger partial charge in [0.15, 0.2) is 17.3 Å². The molecule has 0 atom stereocenters. The van der Waals surface area contributed by atoms with E-state index in [0.717, 1.165) is 44.9 Å². The lowest BCUT2D eigenvalue weighted by molar-refractivity contribution is -0.134. The van der Waals surface area contributed by atoms with Crippen molar-refractivity contribution in [3.63, 3.8) is 0 Å². The van der Waals surface area contributed by atoms with Crippen molar-refractivity contribution < 1.29 is 34.0 Å². The molecule has 238 valence electrons. The van der Waals surface area contributed by atoms with Crippen LogP contribution in [0.25, 0.3) is 22.3 Å². The summed E-state index contributed by atoms with van der Waals surface area (Å²) in [6, 6.07) is 6.43. The van der Waals surface area contributed by atoms with Gasteiger partial charge in [-0.1, -0.05) is 63.3 Å². The van der Waals surface area contributed by atoms with Gasteiger partial charge in [-0.25, -0.2) is 0 Å². The highest BCUT2D eigenvalue weighted by atomic mass is 16.5. The van der Waals surface area contributed by atoms with Crippen LogP contribution in [0.1, 0.15) is 97.8 Å². The van der Waals surface area contributed by atoms with Crippen molar-refractivity contribution >= 4 is 16.9 Å². The molecule has 0 bridgehead atoms. The molecule has 0 radical (unpaired) electrons. The van der Waals surface area contributed by atoms with Crippen LogP contribution in [-0.2, 0) is 4.79 Å². The fourth-order valence-electron chi connectivity index (χ4n) is 4.79. The maximum absolute atomic E-state index is 13.7. The first-order chi connectivity index (χ1) is 21.2. The van der Waals surface area contributed by atoms with Crippen LogP contribution in [0.15, 0.2) is 63.8 Å². The van der Waals surface area contributed by atoms with E-state index in [1.54, 1.807) is 13.8 Å². The molecule has 1 heterocycles. The molecule has 0 unspecified atom stereocenters. The van der Waals surface area contributed by atoms with E-state index in [2.05, 4.69) is 31.2 Å². The SMILES string of the molecule is CCCCC/C=C\C/C=C\CCCCCCCC(=O)Oc1c(-c2ccc(O)c(O)c2)oc2cc(O)cc(OC(C)C)c2c1=O. The number of allylic oxidation sites excluding steroid dienone is 4. The lowest BCUT2D eigenvalue weighted by Crippen LogP contribution is -2.17. The third kappa shape index (κ3) is 10.5. The molecule has 8 nitrogen and oxygen atoms in total. The minimum atomic E-state index is -0.655. The quantitative estimate of drug-likeness (QED) is 0.0566. The number of aromatic hydroxyl groups is 3. The normalized spacial score (nSPS) is 11.7. The highest BCUT2D eigenvalue weighted by molar-refractivity contribution is 5.90. The van der Waals surface area contributed by atoms with E-state index in [1.807, 2.05) is 0 Å². The van der Waals surface area contributed by atoms with Crippen LogP contribution in [0.3, 0.4) is 0 Å². The zero-order valence-corrected chi connectivity index (χ0v) is 26.1. The van der Waals surface area contributed by atoms with Gasteiger partial charge in [-0.15, -0.1) is 0 Å². The van der Waals surface area contributed by atoms with Gasteiger partial charge < -0.3 is 29.2 Å². The molecular weight excluding hydrogens is 560 g/mol. The van der Waals surface area contributed by atoms with Gasteiger partial charge >= 0.3 is 5.97 Å². The molecule has 0 spiro atoms. The van der Waals surface area contributed by atoms with Crippen molar-refractivity contribution in [2.24, 2.45) is 0 Å². The Morgan fingerprint density at radius 1 is 0.864 bits per heavy atom. The summed E-state index contributed by atoms with van der Waals surface area (Å²) in [6.45, 7) is 5.77. The number of fused-ring (bicyclic) bond motifs is 1. The van der Waals surface area contributed by atoms with E-state index in [0.29, 0.717) is 6.42 Å². The van der Waals surface area contributed by atoms with Crippen molar-refractivity contribution in [2.45, 2.75) is 104 Å². The Labute approximate surface area is 259 Å². The van der Waals surface area contributed by atoms with Crippen molar-refractivity contribution in [2.75, 3.05) is 0 Å². The maximum atomic E-state index is 13.7. The Morgan fingerprint density at radius 3 is 2.23 bits per heavy atom. The third-order valence-corrected chi connectivity index (χ3v) is 7.05. The summed E-state index contributed by atoms with van der Waals surface area (Å²) in [5.41, 5.74) is -0.437. The van der Waals surface area contributed by atoms with Crippen molar-refractivity contribution in [3.05, 3.63) is 64.9 Å². The molecule has 0 aliphatic heterocycles. The van der Waals surface area contributed by atoms with E-state index in [4.69, 9.17) is 13.9 Å². The smallest absolute Gasteiger partial charge is 0.311 e. The Kier molecular flexibility index (Phi) is 13.9. The van der Waals surface area contributed by atoms with Gasteiger partial charge in [0.05, 0.1) is 6.10 Å². The topological polar surface area (TPSA) is 126 Å². The minimum absolute atomic E-state index is 0.0155. The van der Waals surface area contributed by atoms with Crippen molar-refractivity contribution in [3.8, 4) is 40.1 Å².